The van der Waals surface area contributed by atoms with Gasteiger partial charge in [-0.25, -0.2) is 0 Å². The number of ketones is 1. The molecule has 0 radical (unpaired) electrons. The molecule has 5 fully saturated rings. The molecule has 3 nitrogen and oxygen atoms in total. The zero-order valence-electron chi connectivity index (χ0n) is 19.3. The number of carbonyl (C=O) groups excluding carboxylic acids is 2. The van der Waals surface area contributed by atoms with Crippen LogP contribution in [0.3, 0.4) is 0 Å². The number of hydrogen-bond donors (Lipinski definition) is 0. The third-order valence-corrected chi connectivity index (χ3v) is 9.28. The topological polar surface area (TPSA) is 43.4 Å². The van der Waals surface area contributed by atoms with E-state index in [1.54, 1.807) is 0 Å². The molecule has 9 atom stereocenters. The summed E-state index contributed by atoms with van der Waals surface area (Å²) in [5.41, 5.74) is 0.813. The van der Waals surface area contributed by atoms with Crippen molar-refractivity contribution in [2.45, 2.75) is 71.8 Å². The number of Topliss-reactive ketones (excluding diaryl/α,β-unsaturated/α-hetero) is 1. The molecule has 0 aromatic heterocycles. The second-order valence-corrected chi connectivity index (χ2v) is 11.6. The van der Waals surface area contributed by atoms with E-state index < -0.39 is 0 Å². The van der Waals surface area contributed by atoms with E-state index in [0.717, 1.165) is 37.7 Å². The van der Waals surface area contributed by atoms with Gasteiger partial charge < -0.3 is 4.74 Å². The van der Waals surface area contributed by atoms with Crippen LogP contribution in [0.2, 0.25) is 0 Å². The van der Waals surface area contributed by atoms with Gasteiger partial charge in [0.05, 0.1) is 5.92 Å². The standard InChI is InChI=1S/C28H38O3/c1-16(2)22-10-9-17(3)11-24(22)31-28(30)26-21-13-18-12-20(15-21)25(23(26)14-18)27(29)19-7-5-4-6-8-19/h4-8,16-18,20-26H,9-15H2,1-3H3/t17-,18+,20-,21+,22+,23-,24-,25?,26?/m1/s1. The highest BCUT2D eigenvalue weighted by atomic mass is 16.5. The summed E-state index contributed by atoms with van der Waals surface area (Å²) in [6.07, 6.45) is 7.85. The van der Waals surface area contributed by atoms with Gasteiger partial charge in [-0.05, 0) is 80.0 Å². The van der Waals surface area contributed by atoms with Gasteiger partial charge in [0.25, 0.3) is 0 Å². The number of benzene rings is 1. The van der Waals surface area contributed by atoms with Crippen molar-refractivity contribution < 1.29 is 14.3 Å². The van der Waals surface area contributed by atoms with Crippen molar-refractivity contribution in [3.05, 3.63) is 35.9 Å². The van der Waals surface area contributed by atoms with Gasteiger partial charge in [0.15, 0.2) is 5.78 Å². The van der Waals surface area contributed by atoms with Crippen molar-refractivity contribution in [2.75, 3.05) is 0 Å². The van der Waals surface area contributed by atoms with Crippen molar-refractivity contribution in [3.8, 4) is 0 Å². The lowest BCUT2D eigenvalue weighted by atomic mass is 9.47. The van der Waals surface area contributed by atoms with Gasteiger partial charge in [0.1, 0.15) is 6.10 Å². The van der Waals surface area contributed by atoms with Crippen molar-refractivity contribution in [1.82, 2.24) is 0 Å². The van der Waals surface area contributed by atoms with Gasteiger partial charge in [-0.15, -0.1) is 0 Å². The molecule has 168 valence electrons. The van der Waals surface area contributed by atoms with Gasteiger partial charge in [0.2, 0.25) is 0 Å². The van der Waals surface area contributed by atoms with Crippen LogP contribution >= 0.6 is 0 Å². The Kier molecular flexibility index (Phi) is 5.73. The van der Waals surface area contributed by atoms with Gasteiger partial charge in [-0.1, -0.05) is 57.5 Å². The third-order valence-electron chi connectivity index (χ3n) is 9.28. The molecule has 5 aliphatic rings. The Morgan fingerprint density at radius 3 is 2.32 bits per heavy atom. The maximum absolute atomic E-state index is 13.6. The summed E-state index contributed by atoms with van der Waals surface area (Å²) in [5.74, 6) is 3.60. The van der Waals surface area contributed by atoms with E-state index in [1.165, 1.54) is 12.8 Å². The maximum Gasteiger partial charge on any atom is 0.309 e. The van der Waals surface area contributed by atoms with Gasteiger partial charge in [-0.2, -0.15) is 0 Å². The summed E-state index contributed by atoms with van der Waals surface area (Å²) >= 11 is 0. The first-order valence-electron chi connectivity index (χ1n) is 12.7. The number of hydrogen-bond acceptors (Lipinski definition) is 3. The molecule has 0 aliphatic heterocycles. The molecule has 4 bridgehead atoms. The van der Waals surface area contributed by atoms with E-state index in [9.17, 15) is 9.59 Å². The van der Waals surface area contributed by atoms with Crippen molar-refractivity contribution in [2.24, 2.45) is 53.3 Å². The quantitative estimate of drug-likeness (QED) is 0.421. The maximum atomic E-state index is 13.6. The van der Waals surface area contributed by atoms with E-state index in [-0.39, 0.29) is 35.6 Å². The first-order valence-corrected chi connectivity index (χ1v) is 12.7. The van der Waals surface area contributed by atoms with E-state index in [0.29, 0.717) is 35.5 Å². The Morgan fingerprint density at radius 1 is 0.903 bits per heavy atom. The van der Waals surface area contributed by atoms with Gasteiger partial charge >= 0.3 is 5.97 Å². The predicted molar refractivity (Wildman–Crippen MR) is 121 cm³/mol. The Labute approximate surface area is 187 Å². The number of ether oxygens (including phenoxy) is 1. The van der Waals surface area contributed by atoms with E-state index in [2.05, 4.69) is 20.8 Å². The molecular formula is C28H38O3. The molecule has 5 saturated carbocycles. The Balaban J connectivity index is 1.37. The van der Waals surface area contributed by atoms with E-state index in [1.807, 2.05) is 30.3 Å². The second kappa shape index (κ2) is 8.37. The lowest BCUT2D eigenvalue weighted by Gasteiger charge is -2.57. The van der Waals surface area contributed by atoms with Crippen LogP contribution in [0.1, 0.15) is 76.1 Å². The summed E-state index contributed by atoms with van der Waals surface area (Å²) in [6.45, 7) is 6.81. The monoisotopic (exact) mass is 422 g/mol. The zero-order valence-corrected chi connectivity index (χ0v) is 19.3. The average Bonchev–Trinajstić information content (AvgIpc) is 2.73. The molecule has 0 heterocycles. The summed E-state index contributed by atoms with van der Waals surface area (Å²) in [4.78, 5) is 27.2. The van der Waals surface area contributed by atoms with Crippen LogP contribution < -0.4 is 0 Å². The summed E-state index contributed by atoms with van der Waals surface area (Å²) in [5, 5.41) is 0. The van der Waals surface area contributed by atoms with Crippen molar-refractivity contribution in [1.29, 1.82) is 0 Å². The largest absolute Gasteiger partial charge is 0.462 e. The fourth-order valence-corrected chi connectivity index (χ4v) is 7.96. The van der Waals surface area contributed by atoms with Crippen LogP contribution in [0.25, 0.3) is 0 Å². The summed E-state index contributed by atoms with van der Waals surface area (Å²) < 4.78 is 6.35. The molecule has 0 N–H and O–H groups in total. The molecule has 5 aliphatic carbocycles. The Bertz CT molecular complexity index is 815. The van der Waals surface area contributed by atoms with Crippen molar-refractivity contribution in [3.63, 3.8) is 0 Å². The second-order valence-electron chi connectivity index (χ2n) is 11.6. The molecular weight excluding hydrogens is 384 g/mol. The highest BCUT2D eigenvalue weighted by Crippen LogP contribution is 2.60. The SMILES string of the molecule is CC(C)[C@@H]1CC[C@@H](C)C[C@H]1OC(=O)C1[C@H]2C[C@@H]3C[C@H](C2)C(C(=O)c2ccccc2)[C@H]1C3. The van der Waals surface area contributed by atoms with Crippen LogP contribution in [-0.4, -0.2) is 17.9 Å². The third kappa shape index (κ3) is 3.87. The van der Waals surface area contributed by atoms with Crippen LogP contribution in [0, 0.1) is 53.3 Å². The predicted octanol–water partition coefficient (Wildman–Crippen LogP) is 6.17. The van der Waals surface area contributed by atoms with Crippen LogP contribution in [0.15, 0.2) is 30.3 Å². The summed E-state index contributed by atoms with van der Waals surface area (Å²) in [7, 11) is 0. The minimum Gasteiger partial charge on any atom is -0.462 e. The van der Waals surface area contributed by atoms with Gasteiger partial charge in [0, 0.05) is 11.5 Å². The highest BCUT2D eigenvalue weighted by Gasteiger charge is 2.58. The number of esters is 1. The molecule has 0 amide bonds. The highest BCUT2D eigenvalue weighted by molar-refractivity contribution is 5.98. The van der Waals surface area contributed by atoms with Crippen molar-refractivity contribution >= 4 is 11.8 Å². The number of rotatable bonds is 5. The molecule has 6 rings (SSSR count). The Hall–Kier alpha value is -1.64. The normalized spacial score (nSPS) is 41.4. The van der Waals surface area contributed by atoms with Crippen LogP contribution in [-0.2, 0) is 9.53 Å². The lowest BCUT2D eigenvalue weighted by molar-refractivity contribution is -0.177. The molecule has 0 saturated heterocycles. The fraction of sp³-hybridized carbons (Fsp3) is 0.714. The first kappa shape index (κ1) is 21.2. The first-order chi connectivity index (χ1) is 14.9. The number of carbonyl (C=O) groups is 2. The van der Waals surface area contributed by atoms with Crippen LogP contribution in [0.4, 0.5) is 0 Å². The molecule has 1 aromatic carbocycles. The average molecular weight is 423 g/mol. The van der Waals surface area contributed by atoms with Gasteiger partial charge in [-0.3, -0.25) is 9.59 Å². The molecule has 0 spiro atoms. The fourth-order valence-electron chi connectivity index (χ4n) is 7.96. The van der Waals surface area contributed by atoms with Crippen LogP contribution in [0.5, 0.6) is 0 Å². The lowest BCUT2D eigenvalue weighted by Crippen LogP contribution is -2.56. The summed E-state index contributed by atoms with van der Waals surface area (Å²) in [6, 6.07) is 9.75. The minimum atomic E-state index is -0.0736. The molecule has 1 aromatic rings. The minimum absolute atomic E-state index is 0.000995. The van der Waals surface area contributed by atoms with E-state index in [4.69, 9.17) is 4.74 Å². The molecule has 3 heteroatoms. The smallest absolute Gasteiger partial charge is 0.309 e. The molecule has 31 heavy (non-hydrogen) atoms. The van der Waals surface area contributed by atoms with E-state index >= 15 is 0 Å². The molecule has 2 unspecified atom stereocenters. The Morgan fingerprint density at radius 2 is 1.61 bits per heavy atom. The zero-order chi connectivity index (χ0) is 21.7.